The van der Waals surface area contributed by atoms with Crippen molar-refractivity contribution in [3.05, 3.63) is 103 Å². The van der Waals surface area contributed by atoms with Crippen molar-refractivity contribution in [1.82, 2.24) is 0 Å². The van der Waals surface area contributed by atoms with Crippen molar-refractivity contribution in [1.29, 1.82) is 0 Å². The maximum absolute atomic E-state index is 12.5. The monoisotopic (exact) mass is 375 g/mol. The van der Waals surface area contributed by atoms with Crippen LogP contribution in [-0.2, 0) is 5.75 Å². The largest absolute Gasteiger partial charge is 0.489 e. The van der Waals surface area contributed by atoms with Crippen LogP contribution in [-0.4, -0.2) is 12.5 Å². The second-order valence-electron chi connectivity index (χ2n) is 5.88. The van der Waals surface area contributed by atoms with E-state index in [9.17, 15) is 4.79 Å². The molecule has 4 heteroatoms. The summed E-state index contributed by atoms with van der Waals surface area (Å²) in [4.78, 5) is 13.7. The number of carbonyl (C=O) groups excluding carboxylic acids is 1. The molecule has 0 aliphatic heterocycles. The van der Waals surface area contributed by atoms with Crippen molar-refractivity contribution < 1.29 is 9.53 Å². The van der Waals surface area contributed by atoms with Gasteiger partial charge in [0.15, 0.2) is 0 Å². The molecule has 0 aliphatic rings. The number of benzene rings is 3. The minimum atomic E-state index is -0.141. The normalized spacial score (nSPS) is 10.2. The summed E-state index contributed by atoms with van der Waals surface area (Å²) in [6, 6.07) is 25.3. The Labute approximate surface area is 164 Å². The Kier molecular flexibility index (Phi) is 6.72. The minimum Gasteiger partial charge on any atom is -0.489 e. The Morgan fingerprint density at radius 3 is 2.52 bits per heavy atom. The third kappa shape index (κ3) is 5.76. The van der Waals surface area contributed by atoms with E-state index in [-0.39, 0.29) is 5.91 Å². The van der Waals surface area contributed by atoms with E-state index in [0.29, 0.717) is 23.6 Å². The van der Waals surface area contributed by atoms with E-state index in [1.54, 1.807) is 23.9 Å². The molecule has 0 spiro atoms. The Balaban J connectivity index is 1.58. The van der Waals surface area contributed by atoms with Gasteiger partial charge in [-0.3, -0.25) is 4.79 Å². The number of carbonyl (C=O) groups is 1. The predicted molar refractivity (Wildman–Crippen MR) is 113 cm³/mol. The van der Waals surface area contributed by atoms with Gasteiger partial charge in [0, 0.05) is 28.0 Å². The van der Waals surface area contributed by atoms with Gasteiger partial charge in [0.25, 0.3) is 5.91 Å². The van der Waals surface area contributed by atoms with Crippen LogP contribution in [0.5, 0.6) is 5.75 Å². The molecule has 3 rings (SSSR count). The molecular formula is C23H21NO2S. The Morgan fingerprint density at radius 2 is 1.78 bits per heavy atom. The third-order valence-electron chi connectivity index (χ3n) is 3.82. The Morgan fingerprint density at radius 1 is 1.00 bits per heavy atom. The lowest BCUT2D eigenvalue weighted by atomic mass is 10.1. The first kappa shape index (κ1) is 18.8. The Bertz CT molecular complexity index is 892. The number of nitrogens with one attached hydrogen (secondary N) is 1. The van der Waals surface area contributed by atoms with Crippen LogP contribution < -0.4 is 10.1 Å². The molecule has 0 radical (unpaired) electrons. The lowest BCUT2D eigenvalue weighted by molar-refractivity contribution is 0.102. The number of amides is 1. The highest BCUT2D eigenvalue weighted by Crippen LogP contribution is 2.23. The molecule has 3 aromatic rings. The first-order valence-electron chi connectivity index (χ1n) is 8.66. The number of hydrogen-bond donors (Lipinski definition) is 1. The fraction of sp³-hybridized carbons (Fsp3) is 0.0870. The van der Waals surface area contributed by atoms with Gasteiger partial charge in [-0.15, -0.1) is 11.8 Å². The molecule has 3 nitrogen and oxygen atoms in total. The Hall–Kier alpha value is -2.98. The molecule has 0 saturated heterocycles. The topological polar surface area (TPSA) is 38.3 Å². The molecule has 0 fully saturated rings. The summed E-state index contributed by atoms with van der Waals surface area (Å²) >= 11 is 1.78. The standard InChI is InChI=1S/C23H21NO2S/c1-2-15-26-21-8-6-7-20(16-21)24-23(25)19-13-11-18(12-14-19)17-27-22-9-4-3-5-10-22/h2-14,16H,1,15,17H2,(H,24,25). The molecule has 0 aliphatic carbocycles. The van der Waals surface area contributed by atoms with Gasteiger partial charge in [-0.1, -0.05) is 49.1 Å². The molecule has 27 heavy (non-hydrogen) atoms. The highest BCUT2D eigenvalue weighted by Gasteiger charge is 2.07. The average molecular weight is 375 g/mol. The first-order valence-corrected chi connectivity index (χ1v) is 9.65. The van der Waals surface area contributed by atoms with Crippen LogP contribution >= 0.6 is 11.8 Å². The van der Waals surface area contributed by atoms with Crippen molar-refractivity contribution in [2.75, 3.05) is 11.9 Å². The van der Waals surface area contributed by atoms with Gasteiger partial charge in [-0.05, 0) is 42.0 Å². The van der Waals surface area contributed by atoms with Crippen LogP contribution in [0.4, 0.5) is 5.69 Å². The molecule has 0 aromatic heterocycles. The molecule has 1 N–H and O–H groups in total. The zero-order valence-corrected chi connectivity index (χ0v) is 15.7. The first-order chi connectivity index (χ1) is 13.2. The number of rotatable bonds is 8. The van der Waals surface area contributed by atoms with Gasteiger partial charge in [0.1, 0.15) is 12.4 Å². The molecule has 0 atom stereocenters. The molecule has 0 unspecified atom stereocenters. The zero-order chi connectivity index (χ0) is 18.9. The van der Waals surface area contributed by atoms with Crippen LogP contribution in [0.15, 0.2) is 96.4 Å². The maximum Gasteiger partial charge on any atom is 0.255 e. The van der Waals surface area contributed by atoms with E-state index >= 15 is 0 Å². The van der Waals surface area contributed by atoms with E-state index in [1.807, 2.05) is 60.7 Å². The lowest BCUT2D eigenvalue weighted by Gasteiger charge is -2.09. The molecule has 0 heterocycles. The van der Waals surface area contributed by atoms with Crippen LogP contribution in [0.2, 0.25) is 0 Å². The summed E-state index contributed by atoms with van der Waals surface area (Å²) in [6.07, 6.45) is 1.68. The van der Waals surface area contributed by atoms with Gasteiger partial charge in [0.05, 0.1) is 0 Å². The summed E-state index contributed by atoms with van der Waals surface area (Å²) < 4.78 is 5.49. The lowest BCUT2D eigenvalue weighted by Crippen LogP contribution is -2.11. The van der Waals surface area contributed by atoms with E-state index < -0.39 is 0 Å². The predicted octanol–water partition coefficient (Wildman–Crippen LogP) is 5.80. The smallest absolute Gasteiger partial charge is 0.255 e. The van der Waals surface area contributed by atoms with Gasteiger partial charge >= 0.3 is 0 Å². The fourth-order valence-corrected chi connectivity index (χ4v) is 3.33. The summed E-state index contributed by atoms with van der Waals surface area (Å²) in [5, 5.41) is 2.90. The molecule has 0 bridgehead atoms. The zero-order valence-electron chi connectivity index (χ0n) is 14.9. The van der Waals surface area contributed by atoms with Gasteiger partial charge in [-0.25, -0.2) is 0 Å². The van der Waals surface area contributed by atoms with Crippen molar-refractivity contribution in [3.63, 3.8) is 0 Å². The van der Waals surface area contributed by atoms with Crippen molar-refractivity contribution in [2.45, 2.75) is 10.6 Å². The van der Waals surface area contributed by atoms with Crippen LogP contribution in [0.25, 0.3) is 0 Å². The van der Waals surface area contributed by atoms with Crippen LogP contribution in [0.3, 0.4) is 0 Å². The van der Waals surface area contributed by atoms with Gasteiger partial charge in [0.2, 0.25) is 0 Å². The number of anilines is 1. The van der Waals surface area contributed by atoms with E-state index in [1.165, 1.54) is 10.5 Å². The summed E-state index contributed by atoms with van der Waals surface area (Å²) in [6.45, 7) is 4.06. The van der Waals surface area contributed by atoms with Crippen molar-refractivity contribution >= 4 is 23.4 Å². The maximum atomic E-state index is 12.5. The van der Waals surface area contributed by atoms with E-state index in [2.05, 4.69) is 24.0 Å². The molecule has 1 amide bonds. The second-order valence-corrected chi connectivity index (χ2v) is 6.93. The summed E-state index contributed by atoms with van der Waals surface area (Å²) in [5.41, 5.74) is 2.51. The van der Waals surface area contributed by atoms with Gasteiger partial charge in [-0.2, -0.15) is 0 Å². The number of hydrogen-bond acceptors (Lipinski definition) is 3. The molecule has 0 saturated carbocycles. The SMILES string of the molecule is C=CCOc1cccc(NC(=O)c2ccc(CSc3ccccc3)cc2)c1. The highest BCUT2D eigenvalue weighted by atomic mass is 32.2. The van der Waals surface area contributed by atoms with Crippen LogP contribution in [0, 0.1) is 0 Å². The van der Waals surface area contributed by atoms with E-state index in [4.69, 9.17) is 4.74 Å². The summed E-state index contributed by atoms with van der Waals surface area (Å²) in [7, 11) is 0. The van der Waals surface area contributed by atoms with Crippen LogP contribution in [0.1, 0.15) is 15.9 Å². The third-order valence-corrected chi connectivity index (χ3v) is 4.91. The number of ether oxygens (including phenoxy) is 1. The van der Waals surface area contributed by atoms with Gasteiger partial charge < -0.3 is 10.1 Å². The second kappa shape index (κ2) is 9.64. The van der Waals surface area contributed by atoms with E-state index in [0.717, 1.165) is 5.75 Å². The van der Waals surface area contributed by atoms with Crippen molar-refractivity contribution in [2.24, 2.45) is 0 Å². The molecule has 136 valence electrons. The average Bonchev–Trinajstić information content (AvgIpc) is 2.72. The fourth-order valence-electron chi connectivity index (χ4n) is 2.46. The molecular weight excluding hydrogens is 354 g/mol. The minimum absolute atomic E-state index is 0.141. The van der Waals surface area contributed by atoms with Crippen molar-refractivity contribution in [3.8, 4) is 5.75 Å². The number of thioether (sulfide) groups is 1. The summed E-state index contributed by atoms with van der Waals surface area (Å²) in [5.74, 6) is 1.42. The molecule has 3 aromatic carbocycles. The quantitative estimate of drug-likeness (QED) is 0.400. The highest BCUT2D eigenvalue weighted by molar-refractivity contribution is 7.98.